The Labute approximate surface area is 93.7 Å². The molecule has 2 fully saturated rings. The Morgan fingerprint density at radius 1 is 1.19 bits per heavy atom. The molecule has 0 aliphatic heterocycles. The third kappa shape index (κ3) is 2.29. The quantitative estimate of drug-likeness (QED) is 0.810. The van der Waals surface area contributed by atoms with Crippen LogP contribution in [-0.2, 0) is 0 Å². The molecule has 0 unspecified atom stereocenters. The van der Waals surface area contributed by atoms with Gasteiger partial charge in [-0.3, -0.25) is 0 Å². The monoisotopic (exact) mass is 218 g/mol. The van der Waals surface area contributed by atoms with Gasteiger partial charge in [0.05, 0.1) is 18.1 Å². The van der Waals surface area contributed by atoms with E-state index in [9.17, 15) is 4.79 Å². The van der Waals surface area contributed by atoms with Crippen molar-refractivity contribution >= 4 is 11.7 Å². The first-order valence-corrected chi connectivity index (χ1v) is 5.71. The Balaban J connectivity index is 1.58. The van der Waals surface area contributed by atoms with Gasteiger partial charge in [-0.1, -0.05) is 0 Å². The smallest absolute Gasteiger partial charge is 0.319 e. The van der Waals surface area contributed by atoms with Crippen LogP contribution >= 0.6 is 0 Å². The molecule has 0 radical (unpaired) electrons. The standard InChI is InChI=1S/C11H14N4O/c16-11(14-8-3-4-8)15-9-5-12-10(13-6-9)7-1-2-7/h5-8H,1-4H2,(H2,14,15,16). The van der Waals surface area contributed by atoms with E-state index in [1.807, 2.05) is 0 Å². The zero-order chi connectivity index (χ0) is 11.0. The van der Waals surface area contributed by atoms with Crippen LogP contribution in [0.4, 0.5) is 10.5 Å². The Kier molecular flexibility index (Phi) is 2.23. The summed E-state index contributed by atoms with van der Waals surface area (Å²) in [5.74, 6) is 1.45. The highest BCUT2D eigenvalue weighted by molar-refractivity contribution is 5.89. The third-order valence-corrected chi connectivity index (χ3v) is 2.78. The first kappa shape index (κ1) is 9.57. The van der Waals surface area contributed by atoms with Crippen LogP contribution in [0.1, 0.15) is 37.4 Å². The second kappa shape index (κ2) is 3.73. The largest absolute Gasteiger partial charge is 0.335 e. The van der Waals surface area contributed by atoms with Crippen LogP contribution in [0.2, 0.25) is 0 Å². The summed E-state index contributed by atoms with van der Waals surface area (Å²) in [6.45, 7) is 0. The highest BCUT2D eigenvalue weighted by Gasteiger charge is 2.26. The van der Waals surface area contributed by atoms with Crippen molar-refractivity contribution < 1.29 is 4.79 Å². The van der Waals surface area contributed by atoms with Gasteiger partial charge in [0.25, 0.3) is 0 Å². The lowest BCUT2D eigenvalue weighted by Crippen LogP contribution is -2.30. The van der Waals surface area contributed by atoms with Crippen LogP contribution in [0, 0.1) is 0 Å². The predicted molar refractivity (Wildman–Crippen MR) is 59.2 cm³/mol. The molecule has 5 heteroatoms. The van der Waals surface area contributed by atoms with Crippen LogP contribution < -0.4 is 10.6 Å². The van der Waals surface area contributed by atoms with Crippen LogP contribution in [0.5, 0.6) is 0 Å². The predicted octanol–water partition coefficient (Wildman–Crippen LogP) is 1.64. The van der Waals surface area contributed by atoms with Crippen molar-refractivity contribution in [3.05, 3.63) is 18.2 Å². The van der Waals surface area contributed by atoms with E-state index >= 15 is 0 Å². The van der Waals surface area contributed by atoms with E-state index in [4.69, 9.17) is 0 Å². The van der Waals surface area contributed by atoms with Crippen LogP contribution in [0.15, 0.2) is 12.4 Å². The molecule has 0 saturated heterocycles. The van der Waals surface area contributed by atoms with Crippen LogP contribution in [0.3, 0.4) is 0 Å². The number of amides is 2. The van der Waals surface area contributed by atoms with E-state index in [0.717, 1.165) is 18.7 Å². The molecule has 0 bridgehead atoms. The number of anilines is 1. The van der Waals surface area contributed by atoms with Gasteiger partial charge in [0.1, 0.15) is 5.82 Å². The molecule has 5 nitrogen and oxygen atoms in total. The number of carbonyl (C=O) groups excluding carboxylic acids is 1. The van der Waals surface area contributed by atoms with Crippen molar-refractivity contribution in [1.29, 1.82) is 0 Å². The molecule has 84 valence electrons. The highest BCUT2D eigenvalue weighted by atomic mass is 16.2. The lowest BCUT2D eigenvalue weighted by molar-refractivity contribution is 0.251. The molecule has 0 spiro atoms. The Bertz CT molecular complexity index is 395. The van der Waals surface area contributed by atoms with E-state index in [1.54, 1.807) is 12.4 Å². The number of aromatic nitrogens is 2. The molecule has 1 heterocycles. The van der Waals surface area contributed by atoms with Crippen molar-refractivity contribution in [2.45, 2.75) is 37.6 Å². The normalized spacial score (nSPS) is 19.2. The number of nitrogens with one attached hydrogen (secondary N) is 2. The van der Waals surface area contributed by atoms with Crippen molar-refractivity contribution in [2.75, 3.05) is 5.32 Å². The van der Waals surface area contributed by atoms with Gasteiger partial charge in [-0.05, 0) is 25.7 Å². The van der Waals surface area contributed by atoms with Gasteiger partial charge in [0, 0.05) is 12.0 Å². The van der Waals surface area contributed by atoms with Gasteiger partial charge >= 0.3 is 6.03 Å². The molecule has 2 aliphatic carbocycles. The van der Waals surface area contributed by atoms with Crippen molar-refractivity contribution in [3.8, 4) is 0 Å². The molecule has 1 aromatic heterocycles. The van der Waals surface area contributed by atoms with Crippen LogP contribution in [0.25, 0.3) is 0 Å². The third-order valence-electron chi connectivity index (χ3n) is 2.78. The minimum atomic E-state index is -0.162. The molecule has 0 aromatic carbocycles. The lowest BCUT2D eigenvalue weighted by Gasteiger charge is -2.05. The van der Waals surface area contributed by atoms with Gasteiger partial charge in [0.2, 0.25) is 0 Å². The van der Waals surface area contributed by atoms with Crippen molar-refractivity contribution in [3.63, 3.8) is 0 Å². The number of rotatable bonds is 3. The second-order valence-corrected chi connectivity index (χ2v) is 4.48. The van der Waals surface area contributed by atoms with Crippen molar-refractivity contribution in [1.82, 2.24) is 15.3 Å². The molecule has 2 aliphatic rings. The minimum absolute atomic E-state index is 0.162. The van der Waals surface area contributed by atoms with E-state index in [2.05, 4.69) is 20.6 Å². The van der Waals surface area contributed by atoms with Gasteiger partial charge in [-0.15, -0.1) is 0 Å². The number of urea groups is 1. The molecular weight excluding hydrogens is 204 g/mol. The maximum atomic E-state index is 11.4. The number of hydrogen-bond donors (Lipinski definition) is 2. The van der Waals surface area contributed by atoms with Gasteiger partial charge in [-0.25, -0.2) is 14.8 Å². The molecule has 2 amide bonds. The number of nitrogens with zero attached hydrogens (tertiary/aromatic N) is 2. The summed E-state index contributed by atoms with van der Waals surface area (Å²) in [5, 5.41) is 5.57. The molecule has 1 aromatic rings. The summed E-state index contributed by atoms with van der Waals surface area (Å²) >= 11 is 0. The van der Waals surface area contributed by atoms with E-state index in [1.165, 1.54) is 12.8 Å². The lowest BCUT2D eigenvalue weighted by atomic mass is 10.4. The number of carbonyl (C=O) groups is 1. The average Bonchev–Trinajstić information content (AvgIpc) is 3.13. The molecule has 2 N–H and O–H groups in total. The number of hydrogen-bond acceptors (Lipinski definition) is 3. The minimum Gasteiger partial charge on any atom is -0.335 e. The van der Waals surface area contributed by atoms with Crippen molar-refractivity contribution in [2.24, 2.45) is 0 Å². The fraction of sp³-hybridized carbons (Fsp3) is 0.545. The van der Waals surface area contributed by atoms with Crippen LogP contribution in [-0.4, -0.2) is 22.0 Å². The van der Waals surface area contributed by atoms with E-state index in [-0.39, 0.29) is 6.03 Å². The summed E-state index contributed by atoms with van der Waals surface area (Å²) < 4.78 is 0. The molecule has 0 atom stereocenters. The molecule has 2 saturated carbocycles. The fourth-order valence-electron chi connectivity index (χ4n) is 1.54. The van der Waals surface area contributed by atoms with E-state index < -0.39 is 0 Å². The Morgan fingerprint density at radius 2 is 1.88 bits per heavy atom. The molecular formula is C11H14N4O. The molecule has 3 rings (SSSR count). The van der Waals surface area contributed by atoms with E-state index in [0.29, 0.717) is 17.6 Å². The topological polar surface area (TPSA) is 66.9 Å². The molecule has 16 heavy (non-hydrogen) atoms. The second-order valence-electron chi connectivity index (χ2n) is 4.48. The zero-order valence-electron chi connectivity index (χ0n) is 8.94. The summed E-state index contributed by atoms with van der Waals surface area (Å²) in [7, 11) is 0. The first-order chi connectivity index (χ1) is 7.81. The summed E-state index contributed by atoms with van der Waals surface area (Å²) in [6, 6.07) is 0.205. The zero-order valence-corrected chi connectivity index (χ0v) is 8.94. The average molecular weight is 218 g/mol. The fourth-order valence-corrected chi connectivity index (χ4v) is 1.54. The maximum absolute atomic E-state index is 11.4. The van der Waals surface area contributed by atoms with Gasteiger partial charge in [-0.2, -0.15) is 0 Å². The van der Waals surface area contributed by atoms with Gasteiger partial charge in [0.15, 0.2) is 0 Å². The maximum Gasteiger partial charge on any atom is 0.319 e. The Hall–Kier alpha value is -1.65. The summed E-state index contributed by atoms with van der Waals surface area (Å²) in [5.41, 5.74) is 0.655. The van der Waals surface area contributed by atoms with Gasteiger partial charge < -0.3 is 10.6 Å². The first-order valence-electron chi connectivity index (χ1n) is 5.71. The summed E-state index contributed by atoms with van der Waals surface area (Å²) in [6.07, 6.45) is 7.90. The highest BCUT2D eigenvalue weighted by Crippen LogP contribution is 2.37. The SMILES string of the molecule is O=C(Nc1cnc(C2CC2)nc1)NC1CC1. The summed E-state index contributed by atoms with van der Waals surface area (Å²) in [4.78, 5) is 19.9. The Morgan fingerprint density at radius 3 is 2.44 bits per heavy atom.